The van der Waals surface area contributed by atoms with Crippen LogP contribution >= 0.6 is 0 Å². The summed E-state index contributed by atoms with van der Waals surface area (Å²) in [4.78, 5) is 48.6. The molecule has 1 amide bonds. The lowest BCUT2D eigenvalue weighted by Crippen LogP contribution is -2.33. The van der Waals surface area contributed by atoms with Crippen molar-refractivity contribution in [2.45, 2.75) is 46.6 Å². The van der Waals surface area contributed by atoms with Gasteiger partial charge < -0.3 is 14.0 Å². The third kappa shape index (κ3) is 5.30. The second-order valence-electron chi connectivity index (χ2n) is 8.79. The molecule has 9 nitrogen and oxygen atoms in total. The van der Waals surface area contributed by atoms with Gasteiger partial charge in [-0.15, -0.1) is 0 Å². The fourth-order valence-corrected chi connectivity index (χ4v) is 3.99. The smallest absolute Gasteiger partial charge is 0.341 e. The van der Waals surface area contributed by atoms with Crippen LogP contribution in [-0.4, -0.2) is 39.0 Å². The predicted molar refractivity (Wildman–Crippen MR) is 140 cm³/mol. The van der Waals surface area contributed by atoms with Crippen LogP contribution in [-0.2, 0) is 4.74 Å². The maximum absolute atomic E-state index is 13.3. The fourth-order valence-electron chi connectivity index (χ4n) is 3.99. The van der Waals surface area contributed by atoms with E-state index in [1.54, 1.807) is 60.2 Å². The Morgan fingerprint density at radius 3 is 2.51 bits per heavy atom. The normalized spacial score (nSPS) is 11.9. The zero-order valence-corrected chi connectivity index (χ0v) is 21.4. The predicted octanol–water partition coefficient (Wildman–Crippen LogP) is 4.33. The number of hydrogen-bond donors (Lipinski definition) is 0. The Balaban J connectivity index is 1.94. The average molecular weight is 503 g/mol. The summed E-state index contributed by atoms with van der Waals surface area (Å²) in [5, 5.41) is 0.223. The summed E-state index contributed by atoms with van der Waals surface area (Å²) in [6.45, 7) is 8.24. The van der Waals surface area contributed by atoms with Crippen LogP contribution in [0.3, 0.4) is 0 Å². The molecule has 0 aliphatic heterocycles. The van der Waals surface area contributed by atoms with E-state index < -0.39 is 11.9 Å². The van der Waals surface area contributed by atoms with E-state index in [0.717, 1.165) is 12.8 Å². The topological polar surface area (TPSA) is 104 Å². The lowest BCUT2D eigenvalue weighted by molar-refractivity contribution is 0.0523. The SMILES string of the molecule is CCCCOc1ccc(C(=O)N=c2c(C(=O)OCC)cc3c(=O)n4ccccc4nc3n2C(C)C)cc1. The number of ether oxygens (including phenoxy) is 2. The molecule has 0 bridgehead atoms. The molecule has 0 saturated heterocycles. The van der Waals surface area contributed by atoms with E-state index in [1.807, 2.05) is 13.8 Å². The Kier molecular flexibility index (Phi) is 7.81. The minimum atomic E-state index is -0.678. The van der Waals surface area contributed by atoms with E-state index in [4.69, 9.17) is 9.47 Å². The zero-order valence-electron chi connectivity index (χ0n) is 21.4. The van der Waals surface area contributed by atoms with Gasteiger partial charge in [-0.1, -0.05) is 19.4 Å². The van der Waals surface area contributed by atoms with Crippen molar-refractivity contribution in [2.24, 2.45) is 4.99 Å². The minimum Gasteiger partial charge on any atom is -0.494 e. The van der Waals surface area contributed by atoms with Crippen molar-refractivity contribution in [1.82, 2.24) is 14.0 Å². The number of aromatic nitrogens is 3. The molecule has 4 rings (SSSR count). The van der Waals surface area contributed by atoms with Crippen LogP contribution < -0.4 is 15.8 Å². The highest BCUT2D eigenvalue weighted by Crippen LogP contribution is 2.17. The molecule has 3 aromatic heterocycles. The molecule has 0 saturated carbocycles. The number of fused-ring (bicyclic) bond motifs is 2. The van der Waals surface area contributed by atoms with Gasteiger partial charge in [0.05, 0.1) is 18.6 Å². The Labute approximate surface area is 214 Å². The Bertz CT molecular complexity index is 1580. The second kappa shape index (κ2) is 11.2. The molecular weight excluding hydrogens is 472 g/mol. The van der Waals surface area contributed by atoms with Crippen LogP contribution in [0.2, 0.25) is 0 Å². The van der Waals surface area contributed by atoms with Crippen LogP contribution in [0.15, 0.2) is 64.5 Å². The second-order valence-corrected chi connectivity index (χ2v) is 8.79. The van der Waals surface area contributed by atoms with Gasteiger partial charge in [0.1, 0.15) is 22.6 Å². The van der Waals surface area contributed by atoms with Gasteiger partial charge in [0, 0.05) is 17.8 Å². The van der Waals surface area contributed by atoms with Crippen molar-refractivity contribution >= 4 is 28.6 Å². The molecule has 0 radical (unpaired) electrons. The molecule has 0 unspecified atom stereocenters. The third-order valence-electron chi connectivity index (χ3n) is 5.82. The molecular formula is C28H30N4O5. The molecule has 0 atom stereocenters. The first-order valence-electron chi connectivity index (χ1n) is 12.4. The van der Waals surface area contributed by atoms with Gasteiger partial charge in [-0.25, -0.2) is 9.78 Å². The summed E-state index contributed by atoms with van der Waals surface area (Å²) < 4.78 is 14.0. The molecule has 4 aromatic rings. The van der Waals surface area contributed by atoms with Crippen molar-refractivity contribution in [1.29, 1.82) is 0 Å². The summed E-state index contributed by atoms with van der Waals surface area (Å²) in [7, 11) is 0. The van der Waals surface area contributed by atoms with E-state index in [1.165, 1.54) is 10.5 Å². The summed E-state index contributed by atoms with van der Waals surface area (Å²) >= 11 is 0. The maximum Gasteiger partial charge on any atom is 0.341 e. The van der Waals surface area contributed by atoms with Crippen molar-refractivity contribution in [2.75, 3.05) is 13.2 Å². The van der Waals surface area contributed by atoms with Crippen molar-refractivity contribution in [3.05, 3.63) is 81.7 Å². The lowest BCUT2D eigenvalue weighted by atomic mass is 10.1. The first-order chi connectivity index (χ1) is 17.8. The number of hydrogen-bond acceptors (Lipinski definition) is 6. The minimum absolute atomic E-state index is 0.0192. The molecule has 3 heterocycles. The Morgan fingerprint density at radius 2 is 1.84 bits per heavy atom. The van der Waals surface area contributed by atoms with Gasteiger partial charge in [0.25, 0.3) is 11.5 Å². The van der Waals surface area contributed by atoms with Crippen molar-refractivity contribution in [3.8, 4) is 5.75 Å². The first-order valence-corrected chi connectivity index (χ1v) is 12.4. The van der Waals surface area contributed by atoms with Gasteiger partial charge in [-0.05, 0) is 69.7 Å². The number of carbonyl (C=O) groups excluding carboxylic acids is 2. The third-order valence-corrected chi connectivity index (χ3v) is 5.82. The molecule has 1 aromatic carbocycles. The van der Waals surface area contributed by atoms with Gasteiger partial charge in [-0.2, -0.15) is 4.99 Å². The number of nitrogens with zero attached hydrogens (tertiary/aromatic N) is 4. The monoisotopic (exact) mass is 502 g/mol. The van der Waals surface area contributed by atoms with Crippen LogP contribution in [0.25, 0.3) is 16.7 Å². The standard InChI is InChI=1S/C28H30N4O5/c1-5-7-16-37-20-13-11-19(12-14-20)26(33)30-25-22(28(35)36-6-2)17-21-24(32(25)18(3)4)29-23-10-8-9-15-31(23)27(21)34/h8-15,17-18H,5-7,16H2,1-4H3. The summed E-state index contributed by atoms with van der Waals surface area (Å²) in [6, 6.07) is 13.1. The number of amides is 1. The van der Waals surface area contributed by atoms with Gasteiger partial charge >= 0.3 is 5.97 Å². The van der Waals surface area contributed by atoms with E-state index >= 15 is 0 Å². The van der Waals surface area contributed by atoms with Gasteiger partial charge in [0.15, 0.2) is 5.49 Å². The molecule has 9 heteroatoms. The zero-order chi connectivity index (χ0) is 26.5. The van der Waals surface area contributed by atoms with E-state index in [0.29, 0.717) is 29.2 Å². The number of esters is 1. The molecule has 0 N–H and O–H groups in total. The summed E-state index contributed by atoms with van der Waals surface area (Å²) in [5.74, 6) is -0.559. The highest BCUT2D eigenvalue weighted by Gasteiger charge is 2.21. The summed E-state index contributed by atoms with van der Waals surface area (Å²) in [6.07, 6.45) is 3.58. The molecule has 192 valence electrons. The largest absolute Gasteiger partial charge is 0.494 e. The van der Waals surface area contributed by atoms with E-state index in [-0.39, 0.29) is 34.6 Å². The van der Waals surface area contributed by atoms with E-state index in [2.05, 4.69) is 16.9 Å². The number of unbranched alkanes of at least 4 members (excludes halogenated alkanes) is 1. The maximum atomic E-state index is 13.3. The average Bonchev–Trinajstić information content (AvgIpc) is 2.89. The number of pyridine rings is 2. The quantitative estimate of drug-likeness (QED) is 0.202. The molecule has 0 fully saturated rings. The van der Waals surface area contributed by atoms with Gasteiger partial charge in [0.2, 0.25) is 0 Å². The van der Waals surface area contributed by atoms with Crippen molar-refractivity contribution in [3.63, 3.8) is 0 Å². The van der Waals surface area contributed by atoms with Crippen molar-refractivity contribution < 1.29 is 19.1 Å². The first kappa shape index (κ1) is 25.8. The summed E-state index contributed by atoms with van der Waals surface area (Å²) in [5.41, 5.74) is 0.864. The fraction of sp³-hybridized carbons (Fsp3) is 0.321. The molecule has 0 spiro atoms. The number of benzene rings is 1. The molecule has 0 aliphatic carbocycles. The molecule has 37 heavy (non-hydrogen) atoms. The highest BCUT2D eigenvalue weighted by atomic mass is 16.5. The van der Waals surface area contributed by atoms with Gasteiger partial charge in [-0.3, -0.25) is 14.0 Å². The number of rotatable bonds is 8. The van der Waals surface area contributed by atoms with Crippen LogP contribution in [0, 0.1) is 0 Å². The number of carbonyl (C=O) groups is 2. The Hall–Kier alpha value is -4.27. The van der Waals surface area contributed by atoms with Crippen LogP contribution in [0.4, 0.5) is 0 Å². The van der Waals surface area contributed by atoms with Crippen LogP contribution in [0.1, 0.15) is 67.3 Å². The highest BCUT2D eigenvalue weighted by molar-refractivity contribution is 5.97. The lowest BCUT2D eigenvalue weighted by Gasteiger charge is -2.17. The molecule has 0 aliphatic rings. The van der Waals surface area contributed by atoms with E-state index in [9.17, 15) is 14.4 Å². The Morgan fingerprint density at radius 1 is 1.08 bits per heavy atom. The van der Waals surface area contributed by atoms with Crippen LogP contribution in [0.5, 0.6) is 5.75 Å².